The summed E-state index contributed by atoms with van der Waals surface area (Å²) in [4.78, 5) is 23.8. The maximum absolute atomic E-state index is 12.3. The van der Waals surface area contributed by atoms with Gasteiger partial charge in [-0.2, -0.15) is 5.26 Å². The van der Waals surface area contributed by atoms with Crippen molar-refractivity contribution in [3.05, 3.63) is 37.9 Å². The molecule has 0 spiro atoms. The van der Waals surface area contributed by atoms with E-state index < -0.39 is 10.8 Å². The number of carbonyl (C=O) groups is 1. The van der Waals surface area contributed by atoms with Crippen molar-refractivity contribution >= 4 is 34.8 Å². The van der Waals surface area contributed by atoms with Crippen molar-refractivity contribution in [3.8, 4) is 6.07 Å². The molecule has 0 atom stereocenters. The van der Waals surface area contributed by atoms with Gasteiger partial charge in [0.25, 0.3) is 11.6 Å². The summed E-state index contributed by atoms with van der Waals surface area (Å²) in [6.45, 7) is 2.32. The molecular weight excluding hydrogens is 305 g/mol. The van der Waals surface area contributed by atoms with Crippen molar-refractivity contribution in [3.63, 3.8) is 0 Å². The molecule has 20 heavy (non-hydrogen) atoms. The summed E-state index contributed by atoms with van der Waals surface area (Å²) in [5.41, 5.74) is -0.343. The Morgan fingerprint density at radius 1 is 1.50 bits per heavy atom. The van der Waals surface area contributed by atoms with Gasteiger partial charge in [0.1, 0.15) is 0 Å². The van der Waals surface area contributed by atoms with E-state index in [0.717, 1.165) is 12.1 Å². The van der Waals surface area contributed by atoms with Gasteiger partial charge in [-0.3, -0.25) is 14.9 Å². The van der Waals surface area contributed by atoms with E-state index in [-0.39, 0.29) is 34.3 Å². The second-order valence-electron chi connectivity index (χ2n) is 3.84. The van der Waals surface area contributed by atoms with Crippen molar-refractivity contribution < 1.29 is 9.72 Å². The Bertz CT molecular complexity index is 584. The van der Waals surface area contributed by atoms with Crippen LogP contribution >= 0.6 is 23.2 Å². The van der Waals surface area contributed by atoms with E-state index in [9.17, 15) is 14.9 Å². The van der Waals surface area contributed by atoms with Crippen molar-refractivity contribution in [2.24, 2.45) is 0 Å². The molecule has 0 bridgehead atoms. The third kappa shape index (κ3) is 3.59. The molecule has 1 aromatic rings. The number of halogens is 2. The molecule has 6 nitrogen and oxygen atoms in total. The fourth-order valence-corrected chi connectivity index (χ4v) is 2.00. The summed E-state index contributed by atoms with van der Waals surface area (Å²) in [5.74, 6) is -0.488. The van der Waals surface area contributed by atoms with Crippen LogP contribution in [-0.2, 0) is 0 Å². The highest BCUT2D eigenvalue weighted by molar-refractivity contribution is 6.44. The summed E-state index contributed by atoms with van der Waals surface area (Å²) in [7, 11) is 0. The number of carbonyl (C=O) groups excluding carboxylic acids is 1. The molecule has 1 rings (SSSR count). The summed E-state index contributed by atoms with van der Waals surface area (Å²) < 4.78 is 0. The van der Waals surface area contributed by atoms with Gasteiger partial charge in [0.2, 0.25) is 0 Å². The first-order chi connectivity index (χ1) is 9.42. The lowest BCUT2D eigenvalue weighted by molar-refractivity contribution is -0.384. The van der Waals surface area contributed by atoms with Gasteiger partial charge in [0, 0.05) is 25.2 Å². The molecule has 0 fully saturated rings. The van der Waals surface area contributed by atoms with Crippen molar-refractivity contribution in [1.82, 2.24) is 4.90 Å². The molecule has 8 heteroatoms. The van der Waals surface area contributed by atoms with Crippen LogP contribution in [0.3, 0.4) is 0 Å². The third-order valence-electron chi connectivity index (χ3n) is 2.62. The largest absolute Gasteiger partial charge is 0.338 e. The van der Waals surface area contributed by atoms with E-state index in [4.69, 9.17) is 28.5 Å². The van der Waals surface area contributed by atoms with Gasteiger partial charge in [0.15, 0.2) is 0 Å². The SMILES string of the molecule is CCN(CCC#N)C(=O)c1cc([N+](=O)[O-])cc(Cl)c1Cl. The second-order valence-corrected chi connectivity index (χ2v) is 4.62. The van der Waals surface area contributed by atoms with Crippen molar-refractivity contribution in [2.45, 2.75) is 13.3 Å². The maximum atomic E-state index is 12.3. The number of rotatable bonds is 5. The molecule has 0 aliphatic rings. The second kappa shape index (κ2) is 7.08. The van der Waals surface area contributed by atoms with Crippen LogP contribution in [0.5, 0.6) is 0 Å². The molecule has 0 unspecified atom stereocenters. The lowest BCUT2D eigenvalue weighted by Gasteiger charge is -2.20. The first kappa shape index (κ1) is 16.2. The highest BCUT2D eigenvalue weighted by Gasteiger charge is 2.22. The van der Waals surface area contributed by atoms with Crippen LogP contribution in [0.25, 0.3) is 0 Å². The molecule has 0 aliphatic carbocycles. The van der Waals surface area contributed by atoms with Crippen molar-refractivity contribution in [1.29, 1.82) is 5.26 Å². The topological polar surface area (TPSA) is 87.2 Å². The Labute approximate surface area is 125 Å². The van der Waals surface area contributed by atoms with Crippen LogP contribution in [0.2, 0.25) is 10.0 Å². The van der Waals surface area contributed by atoms with Gasteiger partial charge in [0.05, 0.1) is 33.0 Å². The van der Waals surface area contributed by atoms with E-state index >= 15 is 0 Å². The number of hydrogen-bond donors (Lipinski definition) is 0. The number of nitrogens with zero attached hydrogens (tertiary/aromatic N) is 3. The highest BCUT2D eigenvalue weighted by Crippen LogP contribution is 2.31. The monoisotopic (exact) mass is 315 g/mol. The van der Waals surface area contributed by atoms with Crippen LogP contribution in [-0.4, -0.2) is 28.8 Å². The molecule has 1 aromatic carbocycles. The molecule has 0 N–H and O–H groups in total. The number of nitriles is 1. The Morgan fingerprint density at radius 2 is 2.15 bits per heavy atom. The minimum atomic E-state index is -0.648. The first-order valence-electron chi connectivity index (χ1n) is 5.72. The normalized spacial score (nSPS) is 9.90. The quantitative estimate of drug-likeness (QED) is 0.616. The Balaban J connectivity index is 3.20. The van der Waals surface area contributed by atoms with Crippen LogP contribution in [0.1, 0.15) is 23.7 Å². The summed E-state index contributed by atoms with van der Waals surface area (Å²) in [6, 6.07) is 4.11. The van der Waals surface area contributed by atoms with Gasteiger partial charge in [-0.15, -0.1) is 0 Å². The van der Waals surface area contributed by atoms with Crippen LogP contribution in [0.4, 0.5) is 5.69 Å². The minimum absolute atomic E-state index is 0.0299. The Hall–Kier alpha value is -1.84. The fraction of sp³-hybridized carbons (Fsp3) is 0.333. The molecule has 1 amide bonds. The molecule has 0 aromatic heterocycles. The smallest absolute Gasteiger partial charge is 0.271 e. The Morgan fingerprint density at radius 3 is 2.65 bits per heavy atom. The van der Waals surface area contributed by atoms with Crippen LogP contribution in [0.15, 0.2) is 12.1 Å². The third-order valence-corrected chi connectivity index (χ3v) is 3.42. The molecule has 0 saturated carbocycles. The lowest BCUT2D eigenvalue weighted by atomic mass is 10.1. The van der Waals surface area contributed by atoms with Gasteiger partial charge in [-0.1, -0.05) is 23.2 Å². The Kier molecular flexibility index (Phi) is 5.74. The molecule has 0 aliphatic heterocycles. The average molecular weight is 316 g/mol. The number of hydrogen-bond acceptors (Lipinski definition) is 4. The van der Waals surface area contributed by atoms with Crippen LogP contribution < -0.4 is 0 Å². The van der Waals surface area contributed by atoms with Crippen LogP contribution in [0, 0.1) is 21.4 Å². The highest BCUT2D eigenvalue weighted by atomic mass is 35.5. The zero-order valence-electron chi connectivity index (χ0n) is 10.6. The molecule has 0 heterocycles. The molecule has 0 saturated heterocycles. The van der Waals surface area contributed by atoms with Crippen molar-refractivity contribution in [2.75, 3.05) is 13.1 Å². The number of nitro groups is 1. The molecule has 0 radical (unpaired) electrons. The maximum Gasteiger partial charge on any atom is 0.271 e. The standard InChI is InChI=1S/C12H11Cl2N3O3/c1-2-16(5-3-4-15)12(18)9-6-8(17(19)20)7-10(13)11(9)14/h6-7H,2-3,5H2,1H3. The predicted octanol–water partition coefficient (Wildman–Crippen LogP) is 3.28. The van der Waals surface area contributed by atoms with E-state index in [1.54, 1.807) is 6.92 Å². The number of amides is 1. The summed E-state index contributed by atoms with van der Waals surface area (Å²) in [6.07, 6.45) is 0.167. The predicted molar refractivity (Wildman–Crippen MR) is 74.9 cm³/mol. The summed E-state index contributed by atoms with van der Waals surface area (Å²) >= 11 is 11.7. The zero-order valence-corrected chi connectivity index (χ0v) is 12.1. The van der Waals surface area contributed by atoms with Gasteiger partial charge in [-0.05, 0) is 6.92 Å². The zero-order chi connectivity index (χ0) is 15.3. The first-order valence-corrected chi connectivity index (χ1v) is 6.47. The molecular formula is C12H11Cl2N3O3. The summed E-state index contributed by atoms with van der Waals surface area (Å²) in [5, 5.41) is 19.3. The van der Waals surface area contributed by atoms with E-state index in [0.29, 0.717) is 6.54 Å². The lowest BCUT2D eigenvalue weighted by Crippen LogP contribution is -2.31. The fourth-order valence-electron chi connectivity index (χ4n) is 1.59. The minimum Gasteiger partial charge on any atom is -0.338 e. The number of benzene rings is 1. The number of non-ortho nitro benzene ring substituents is 1. The van der Waals surface area contributed by atoms with Gasteiger partial charge in [-0.25, -0.2) is 0 Å². The number of nitro benzene ring substituents is 1. The van der Waals surface area contributed by atoms with E-state index in [1.807, 2.05) is 6.07 Å². The van der Waals surface area contributed by atoms with E-state index in [2.05, 4.69) is 0 Å². The van der Waals surface area contributed by atoms with E-state index in [1.165, 1.54) is 4.90 Å². The van der Waals surface area contributed by atoms with Gasteiger partial charge >= 0.3 is 0 Å². The average Bonchev–Trinajstić information content (AvgIpc) is 2.42. The molecule has 106 valence electrons. The van der Waals surface area contributed by atoms with Gasteiger partial charge < -0.3 is 4.90 Å².